The average Bonchev–Trinajstić information content (AvgIpc) is 3.01. The molecular formula is C17H23N3O3. The van der Waals surface area contributed by atoms with Crippen LogP contribution in [0.1, 0.15) is 24.4 Å². The minimum absolute atomic E-state index is 0.00812. The summed E-state index contributed by atoms with van der Waals surface area (Å²) in [6, 6.07) is 7.42. The third-order valence-electron chi connectivity index (χ3n) is 3.79. The van der Waals surface area contributed by atoms with E-state index in [2.05, 4.69) is 17.2 Å². The van der Waals surface area contributed by atoms with Crippen molar-refractivity contribution in [1.82, 2.24) is 15.5 Å². The van der Waals surface area contributed by atoms with Crippen LogP contribution in [0.25, 0.3) is 0 Å². The molecule has 6 heteroatoms. The van der Waals surface area contributed by atoms with Gasteiger partial charge in [0.15, 0.2) is 0 Å². The maximum atomic E-state index is 11.8. The summed E-state index contributed by atoms with van der Waals surface area (Å²) in [6.45, 7) is 5.37. The van der Waals surface area contributed by atoms with Gasteiger partial charge in [-0.2, -0.15) is 0 Å². The Labute approximate surface area is 136 Å². The van der Waals surface area contributed by atoms with Crippen LogP contribution in [0.4, 0.5) is 4.79 Å². The number of likely N-dealkylation sites (tertiary alicyclic amines) is 1. The number of benzene rings is 1. The highest BCUT2D eigenvalue weighted by Crippen LogP contribution is 2.18. The summed E-state index contributed by atoms with van der Waals surface area (Å²) in [5, 5.41) is 6.06. The first-order valence-electron chi connectivity index (χ1n) is 7.74. The normalized spacial score (nSPS) is 15.3. The van der Waals surface area contributed by atoms with Gasteiger partial charge in [0.25, 0.3) is 0 Å². The lowest BCUT2D eigenvalue weighted by Crippen LogP contribution is -2.43. The number of amides is 3. The molecule has 23 heavy (non-hydrogen) atoms. The fourth-order valence-electron chi connectivity index (χ4n) is 2.50. The fraction of sp³-hybridized carbons (Fsp3) is 0.412. The number of ether oxygens (including phenoxy) is 1. The van der Waals surface area contributed by atoms with Gasteiger partial charge in [-0.3, -0.25) is 9.69 Å². The summed E-state index contributed by atoms with van der Waals surface area (Å²) in [7, 11) is 1.63. The predicted molar refractivity (Wildman–Crippen MR) is 88.3 cm³/mol. The van der Waals surface area contributed by atoms with E-state index in [9.17, 15) is 9.59 Å². The van der Waals surface area contributed by atoms with Gasteiger partial charge >= 0.3 is 6.03 Å². The third kappa shape index (κ3) is 4.56. The van der Waals surface area contributed by atoms with Gasteiger partial charge in [-0.1, -0.05) is 18.2 Å². The van der Waals surface area contributed by atoms with Crippen LogP contribution in [0.5, 0.6) is 5.75 Å². The van der Waals surface area contributed by atoms with Crippen LogP contribution in [-0.2, 0) is 4.79 Å². The van der Waals surface area contributed by atoms with Crippen LogP contribution < -0.4 is 15.4 Å². The maximum absolute atomic E-state index is 11.8. The maximum Gasteiger partial charge on any atom is 0.324 e. The Kier molecular flexibility index (Phi) is 6.17. The fourth-order valence-corrected chi connectivity index (χ4v) is 2.50. The smallest absolute Gasteiger partial charge is 0.324 e. The lowest BCUT2D eigenvalue weighted by molar-refractivity contribution is -0.125. The molecule has 1 heterocycles. The molecule has 0 aromatic heterocycles. The monoisotopic (exact) mass is 317 g/mol. The van der Waals surface area contributed by atoms with Gasteiger partial charge in [-0.15, -0.1) is 6.58 Å². The van der Waals surface area contributed by atoms with Gasteiger partial charge in [0, 0.05) is 26.1 Å². The second kappa shape index (κ2) is 8.33. The quantitative estimate of drug-likeness (QED) is 0.595. The van der Waals surface area contributed by atoms with Crippen molar-refractivity contribution in [2.75, 3.05) is 26.7 Å². The highest BCUT2D eigenvalue weighted by molar-refractivity contribution is 5.95. The minimum Gasteiger partial charge on any atom is -0.497 e. The molecule has 1 aliphatic heterocycles. The van der Waals surface area contributed by atoms with Gasteiger partial charge in [-0.25, -0.2) is 4.79 Å². The number of carbonyl (C=O) groups excluding carboxylic acids is 2. The van der Waals surface area contributed by atoms with E-state index in [1.165, 1.54) is 4.90 Å². The Balaban J connectivity index is 1.76. The number of nitrogens with zero attached hydrogens (tertiary/aromatic N) is 1. The standard InChI is InChI=1S/C17H23N3O3/c1-3-15(13-6-8-14(23-2)9-7-13)18-10-11-19-17(22)20-12-4-5-16(20)21/h3,6-9,15,18H,1,4-5,10-12H2,2H3,(H,19,22). The van der Waals surface area contributed by atoms with E-state index in [0.717, 1.165) is 17.7 Å². The summed E-state index contributed by atoms with van der Waals surface area (Å²) in [4.78, 5) is 24.6. The number of nitrogens with one attached hydrogen (secondary N) is 2. The summed E-state index contributed by atoms with van der Waals surface area (Å²) in [5.41, 5.74) is 1.07. The average molecular weight is 317 g/mol. The first kappa shape index (κ1) is 17.0. The van der Waals surface area contributed by atoms with Crippen LogP contribution in [-0.4, -0.2) is 43.6 Å². The van der Waals surface area contributed by atoms with Crippen molar-refractivity contribution in [2.24, 2.45) is 0 Å². The Hall–Kier alpha value is -2.34. The molecule has 0 spiro atoms. The highest BCUT2D eigenvalue weighted by Gasteiger charge is 2.25. The number of rotatable bonds is 7. The van der Waals surface area contributed by atoms with Crippen molar-refractivity contribution in [3.8, 4) is 5.75 Å². The van der Waals surface area contributed by atoms with E-state index in [0.29, 0.717) is 26.1 Å². The Morgan fingerprint density at radius 1 is 1.39 bits per heavy atom. The van der Waals surface area contributed by atoms with E-state index in [1.807, 2.05) is 30.3 Å². The number of hydrogen-bond donors (Lipinski definition) is 2. The van der Waals surface area contributed by atoms with Crippen molar-refractivity contribution in [1.29, 1.82) is 0 Å². The summed E-state index contributed by atoms with van der Waals surface area (Å²) >= 11 is 0. The predicted octanol–water partition coefficient (Wildman–Crippen LogP) is 1.84. The third-order valence-corrected chi connectivity index (χ3v) is 3.79. The molecule has 1 saturated heterocycles. The van der Waals surface area contributed by atoms with Crippen molar-refractivity contribution in [2.45, 2.75) is 18.9 Å². The molecule has 1 unspecified atom stereocenters. The Bertz CT molecular complexity index is 557. The van der Waals surface area contributed by atoms with E-state index >= 15 is 0 Å². The lowest BCUT2D eigenvalue weighted by atomic mass is 10.1. The first-order chi connectivity index (χ1) is 11.2. The van der Waals surface area contributed by atoms with Crippen LogP contribution >= 0.6 is 0 Å². The van der Waals surface area contributed by atoms with Gasteiger partial charge in [0.2, 0.25) is 5.91 Å². The highest BCUT2D eigenvalue weighted by atomic mass is 16.5. The molecule has 1 aromatic carbocycles. The van der Waals surface area contributed by atoms with E-state index in [-0.39, 0.29) is 18.0 Å². The number of carbonyl (C=O) groups is 2. The van der Waals surface area contributed by atoms with Crippen LogP contribution in [0, 0.1) is 0 Å². The van der Waals surface area contributed by atoms with Crippen LogP contribution in [0.2, 0.25) is 0 Å². The van der Waals surface area contributed by atoms with Gasteiger partial charge in [-0.05, 0) is 24.1 Å². The van der Waals surface area contributed by atoms with Crippen molar-refractivity contribution < 1.29 is 14.3 Å². The van der Waals surface area contributed by atoms with Gasteiger partial charge < -0.3 is 15.4 Å². The number of hydrogen-bond acceptors (Lipinski definition) is 4. The molecule has 1 aliphatic rings. The number of urea groups is 1. The molecule has 0 radical (unpaired) electrons. The second-order valence-corrected chi connectivity index (χ2v) is 5.32. The van der Waals surface area contributed by atoms with E-state index in [4.69, 9.17) is 4.74 Å². The molecular weight excluding hydrogens is 294 g/mol. The molecule has 2 N–H and O–H groups in total. The lowest BCUT2D eigenvalue weighted by Gasteiger charge is -2.17. The second-order valence-electron chi connectivity index (χ2n) is 5.32. The zero-order chi connectivity index (χ0) is 16.7. The van der Waals surface area contributed by atoms with Gasteiger partial charge in [0.1, 0.15) is 5.75 Å². The molecule has 1 fully saturated rings. The van der Waals surface area contributed by atoms with E-state index < -0.39 is 0 Å². The topological polar surface area (TPSA) is 70.7 Å². The SMILES string of the molecule is C=CC(NCCNC(=O)N1CCCC1=O)c1ccc(OC)cc1. The first-order valence-corrected chi connectivity index (χ1v) is 7.74. The molecule has 2 rings (SSSR count). The zero-order valence-corrected chi connectivity index (χ0v) is 13.4. The van der Waals surface area contributed by atoms with Crippen molar-refractivity contribution in [3.63, 3.8) is 0 Å². The summed E-state index contributed by atoms with van der Waals surface area (Å²) < 4.78 is 5.14. The molecule has 0 bridgehead atoms. The molecule has 3 amide bonds. The van der Waals surface area contributed by atoms with Crippen LogP contribution in [0.3, 0.4) is 0 Å². The molecule has 1 aromatic rings. The minimum atomic E-state index is -0.311. The molecule has 6 nitrogen and oxygen atoms in total. The molecule has 124 valence electrons. The Morgan fingerprint density at radius 3 is 2.70 bits per heavy atom. The van der Waals surface area contributed by atoms with Crippen molar-refractivity contribution in [3.05, 3.63) is 42.5 Å². The largest absolute Gasteiger partial charge is 0.497 e. The summed E-state index contributed by atoms with van der Waals surface area (Å²) in [5.74, 6) is 0.705. The number of methoxy groups -OCH3 is 1. The Morgan fingerprint density at radius 2 is 2.13 bits per heavy atom. The number of imide groups is 1. The van der Waals surface area contributed by atoms with E-state index in [1.54, 1.807) is 7.11 Å². The van der Waals surface area contributed by atoms with Gasteiger partial charge in [0.05, 0.1) is 13.2 Å². The van der Waals surface area contributed by atoms with Crippen LogP contribution in [0.15, 0.2) is 36.9 Å². The molecule has 0 saturated carbocycles. The molecule has 1 atom stereocenters. The summed E-state index contributed by atoms with van der Waals surface area (Å²) in [6.07, 6.45) is 3.02. The zero-order valence-electron chi connectivity index (χ0n) is 13.4. The molecule has 0 aliphatic carbocycles. The van der Waals surface area contributed by atoms with Crippen molar-refractivity contribution >= 4 is 11.9 Å².